The number of aromatic nitrogens is 1. The van der Waals surface area contributed by atoms with Crippen molar-refractivity contribution in [1.29, 1.82) is 0 Å². The van der Waals surface area contributed by atoms with Gasteiger partial charge in [0.05, 0.1) is 12.8 Å². The van der Waals surface area contributed by atoms with Crippen LogP contribution in [0.1, 0.15) is 18.5 Å². The summed E-state index contributed by atoms with van der Waals surface area (Å²) < 4.78 is 5.21. The molecule has 1 aromatic heterocycles. The Hall–Kier alpha value is -1.39. The Kier molecular flexibility index (Phi) is 3.76. The fraction of sp³-hybridized carbons (Fsp3) is 0.308. The van der Waals surface area contributed by atoms with Crippen LogP contribution in [0.2, 0.25) is 0 Å². The lowest BCUT2D eigenvalue weighted by molar-refractivity contribution is 0.415. The number of ether oxygens (including phenoxy) is 1. The molecule has 0 spiro atoms. The van der Waals surface area contributed by atoms with E-state index in [1.165, 1.54) is 0 Å². The van der Waals surface area contributed by atoms with Crippen molar-refractivity contribution in [2.75, 3.05) is 13.7 Å². The number of hydrogen-bond acceptors (Lipinski definition) is 4. The third kappa shape index (κ3) is 2.65. The van der Waals surface area contributed by atoms with Crippen LogP contribution in [-0.2, 0) is 0 Å². The average molecular weight is 248 g/mol. The van der Waals surface area contributed by atoms with E-state index < -0.39 is 0 Å². The standard InChI is InChI=1S/C13H16N2OS/c1-9(7-14)12-8-17-13(15-12)10-4-3-5-11(6-10)16-2/h3-6,8-9H,7,14H2,1-2H3. The first kappa shape index (κ1) is 12.1. The van der Waals surface area contributed by atoms with Crippen molar-refractivity contribution >= 4 is 11.3 Å². The molecule has 2 N–H and O–H groups in total. The predicted molar refractivity (Wildman–Crippen MR) is 71.6 cm³/mol. The van der Waals surface area contributed by atoms with Crippen LogP contribution in [0.5, 0.6) is 5.75 Å². The van der Waals surface area contributed by atoms with Crippen molar-refractivity contribution in [2.24, 2.45) is 5.73 Å². The molecule has 0 radical (unpaired) electrons. The van der Waals surface area contributed by atoms with Gasteiger partial charge in [0, 0.05) is 23.4 Å². The molecule has 1 aromatic carbocycles. The molecule has 0 amide bonds. The lowest BCUT2D eigenvalue weighted by atomic mass is 10.1. The summed E-state index contributed by atoms with van der Waals surface area (Å²) in [6.07, 6.45) is 0. The summed E-state index contributed by atoms with van der Waals surface area (Å²) in [5.74, 6) is 1.16. The molecule has 1 unspecified atom stereocenters. The zero-order chi connectivity index (χ0) is 12.3. The molecule has 0 aliphatic heterocycles. The zero-order valence-corrected chi connectivity index (χ0v) is 10.8. The average Bonchev–Trinajstić information content (AvgIpc) is 2.87. The molecule has 0 bridgehead atoms. The Labute approximate surface area is 105 Å². The Morgan fingerprint density at radius 1 is 1.47 bits per heavy atom. The first-order valence-corrected chi connectivity index (χ1v) is 6.42. The summed E-state index contributed by atoms with van der Waals surface area (Å²) in [6.45, 7) is 2.71. The quantitative estimate of drug-likeness (QED) is 0.905. The molecule has 1 atom stereocenters. The second kappa shape index (κ2) is 5.29. The number of nitrogens with two attached hydrogens (primary N) is 1. The second-order valence-corrected chi connectivity index (χ2v) is 4.80. The molecule has 2 rings (SSSR count). The topological polar surface area (TPSA) is 48.1 Å². The van der Waals surface area contributed by atoms with Gasteiger partial charge in [-0.3, -0.25) is 0 Å². The van der Waals surface area contributed by atoms with Gasteiger partial charge in [0.15, 0.2) is 0 Å². The van der Waals surface area contributed by atoms with Crippen molar-refractivity contribution < 1.29 is 4.74 Å². The molecule has 0 saturated heterocycles. The number of rotatable bonds is 4. The van der Waals surface area contributed by atoms with Crippen molar-refractivity contribution in [1.82, 2.24) is 4.98 Å². The van der Waals surface area contributed by atoms with Gasteiger partial charge in [0.1, 0.15) is 10.8 Å². The van der Waals surface area contributed by atoms with E-state index in [9.17, 15) is 0 Å². The fourth-order valence-electron chi connectivity index (χ4n) is 1.52. The van der Waals surface area contributed by atoms with E-state index in [0.717, 1.165) is 22.0 Å². The van der Waals surface area contributed by atoms with Crippen LogP contribution in [0, 0.1) is 0 Å². The van der Waals surface area contributed by atoms with Gasteiger partial charge in [-0.05, 0) is 12.1 Å². The number of methoxy groups -OCH3 is 1. The molecule has 17 heavy (non-hydrogen) atoms. The van der Waals surface area contributed by atoms with Crippen LogP contribution in [0.25, 0.3) is 10.6 Å². The third-order valence-corrected chi connectivity index (χ3v) is 3.61. The first-order chi connectivity index (χ1) is 8.24. The zero-order valence-electron chi connectivity index (χ0n) is 10.0. The normalized spacial score (nSPS) is 12.4. The van der Waals surface area contributed by atoms with Crippen molar-refractivity contribution in [2.45, 2.75) is 12.8 Å². The highest BCUT2D eigenvalue weighted by Gasteiger charge is 2.10. The molecule has 1 heterocycles. The minimum atomic E-state index is 0.311. The SMILES string of the molecule is COc1cccc(-c2nc(C(C)CN)cs2)c1. The summed E-state index contributed by atoms with van der Waals surface area (Å²) in [5.41, 5.74) is 7.80. The van der Waals surface area contributed by atoms with Crippen LogP contribution in [0.3, 0.4) is 0 Å². The summed E-state index contributed by atoms with van der Waals surface area (Å²) in [7, 11) is 1.67. The molecule has 2 aromatic rings. The van der Waals surface area contributed by atoms with Crippen molar-refractivity contribution in [3.63, 3.8) is 0 Å². The van der Waals surface area contributed by atoms with Crippen LogP contribution < -0.4 is 10.5 Å². The Morgan fingerprint density at radius 3 is 3.00 bits per heavy atom. The van der Waals surface area contributed by atoms with E-state index in [4.69, 9.17) is 10.5 Å². The fourth-order valence-corrected chi connectivity index (χ4v) is 2.46. The van der Waals surface area contributed by atoms with E-state index in [-0.39, 0.29) is 0 Å². The lowest BCUT2D eigenvalue weighted by Crippen LogP contribution is -2.08. The van der Waals surface area contributed by atoms with Crippen molar-refractivity contribution in [3.8, 4) is 16.3 Å². The second-order valence-electron chi connectivity index (χ2n) is 3.95. The molecule has 0 aliphatic carbocycles. The maximum Gasteiger partial charge on any atom is 0.123 e. The van der Waals surface area contributed by atoms with E-state index in [0.29, 0.717) is 12.5 Å². The Bertz CT molecular complexity index is 496. The number of thiazole rings is 1. The molecule has 4 heteroatoms. The number of benzene rings is 1. The van der Waals surface area contributed by atoms with Crippen LogP contribution in [0.15, 0.2) is 29.6 Å². The largest absolute Gasteiger partial charge is 0.497 e. The lowest BCUT2D eigenvalue weighted by Gasteiger charge is -2.03. The molecular weight excluding hydrogens is 232 g/mol. The van der Waals surface area contributed by atoms with Gasteiger partial charge in [0.2, 0.25) is 0 Å². The van der Waals surface area contributed by atoms with E-state index in [1.54, 1.807) is 18.4 Å². The predicted octanol–water partition coefficient (Wildman–Crippen LogP) is 2.88. The smallest absolute Gasteiger partial charge is 0.123 e. The minimum Gasteiger partial charge on any atom is -0.497 e. The highest BCUT2D eigenvalue weighted by molar-refractivity contribution is 7.13. The third-order valence-electron chi connectivity index (χ3n) is 2.70. The van der Waals surface area contributed by atoms with E-state index >= 15 is 0 Å². The van der Waals surface area contributed by atoms with Crippen LogP contribution in [-0.4, -0.2) is 18.6 Å². The summed E-state index contributed by atoms with van der Waals surface area (Å²) in [4.78, 5) is 4.61. The van der Waals surface area contributed by atoms with Gasteiger partial charge < -0.3 is 10.5 Å². The number of nitrogens with zero attached hydrogens (tertiary/aromatic N) is 1. The Morgan fingerprint density at radius 2 is 2.29 bits per heavy atom. The first-order valence-electron chi connectivity index (χ1n) is 5.54. The highest BCUT2D eigenvalue weighted by Crippen LogP contribution is 2.28. The molecule has 0 aliphatic rings. The van der Waals surface area contributed by atoms with Crippen LogP contribution in [0.4, 0.5) is 0 Å². The minimum absolute atomic E-state index is 0.311. The monoisotopic (exact) mass is 248 g/mol. The molecule has 90 valence electrons. The molecule has 0 saturated carbocycles. The van der Waals surface area contributed by atoms with Crippen LogP contribution >= 0.6 is 11.3 Å². The van der Waals surface area contributed by atoms with Gasteiger partial charge >= 0.3 is 0 Å². The number of hydrogen-bond donors (Lipinski definition) is 1. The Balaban J connectivity index is 2.30. The highest BCUT2D eigenvalue weighted by atomic mass is 32.1. The maximum absolute atomic E-state index is 5.64. The van der Waals surface area contributed by atoms with E-state index in [2.05, 4.69) is 17.3 Å². The van der Waals surface area contributed by atoms with Gasteiger partial charge in [-0.1, -0.05) is 19.1 Å². The van der Waals surface area contributed by atoms with E-state index in [1.807, 2.05) is 24.3 Å². The van der Waals surface area contributed by atoms with Gasteiger partial charge in [-0.25, -0.2) is 4.98 Å². The molecular formula is C13H16N2OS. The summed E-state index contributed by atoms with van der Waals surface area (Å²) in [5, 5.41) is 3.09. The van der Waals surface area contributed by atoms with Gasteiger partial charge in [0.25, 0.3) is 0 Å². The van der Waals surface area contributed by atoms with Crippen molar-refractivity contribution in [3.05, 3.63) is 35.3 Å². The summed E-state index contributed by atoms with van der Waals surface area (Å²) in [6, 6.07) is 7.94. The molecule has 0 fully saturated rings. The van der Waals surface area contributed by atoms with Gasteiger partial charge in [-0.15, -0.1) is 11.3 Å². The van der Waals surface area contributed by atoms with Gasteiger partial charge in [-0.2, -0.15) is 0 Å². The molecule has 3 nitrogen and oxygen atoms in total. The maximum atomic E-state index is 5.64. The summed E-state index contributed by atoms with van der Waals surface area (Å²) >= 11 is 1.64.